The molecule has 1 aliphatic rings. The number of rotatable bonds is 49. The number of nitrogens with one attached hydrogen (secondary N) is 1. The number of ether oxygens (including phenoxy) is 2. The zero-order chi connectivity index (χ0) is 50.1. The van der Waals surface area contributed by atoms with Gasteiger partial charge in [-0.15, -0.1) is 0 Å². The van der Waals surface area contributed by atoms with Gasteiger partial charge in [0.25, 0.3) is 0 Å². The van der Waals surface area contributed by atoms with E-state index < -0.39 is 49.5 Å². The lowest BCUT2D eigenvalue weighted by atomic mass is 9.99. The molecule has 9 nitrogen and oxygen atoms in total. The Morgan fingerprint density at radius 1 is 0.522 bits per heavy atom. The van der Waals surface area contributed by atoms with Gasteiger partial charge in [0.2, 0.25) is 5.91 Å². The van der Waals surface area contributed by atoms with Crippen molar-refractivity contribution in [3.63, 3.8) is 0 Å². The maximum absolute atomic E-state index is 13.0. The highest BCUT2D eigenvalue weighted by molar-refractivity contribution is 5.76. The lowest BCUT2D eigenvalue weighted by molar-refractivity contribution is -0.302. The molecular formula is C60H109NO8. The van der Waals surface area contributed by atoms with Gasteiger partial charge in [0.05, 0.1) is 25.4 Å². The fraction of sp³-hybridized carbons (Fsp3) is 0.817. The predicted octanol–water partition coefficient (Wildman–Crippen LogP) is 14.3. The molecule has 0 aromatic carbocycles. The molecule has 402 valence electrons. The van der Waals surface area contributed by atoms with E-state index in [-0.39, 0.29) is 12.5 Å². The summed E-state index contributed by atoms with van der Waals surface area (Å²) in [5, 5.41) is 54.1. The van der Waals surface area contributed by atoms with E-state index in [9.17, 15) is 30.3 Å². The zero-order valence-electron chi connectivity index (χ0n) is 44.6. The first kappa shape index (κ1) is 64.9. The molecule has 1 rings (SSSR count). The van der Waals surface area contributed by atoms with Crippen molar-refractivity contribution in [2.45, 2.75) is 301 Å². The van der Waals surface area contributed by atoms with E-state index in [1.165, 1.54) is 186 Å². The monoisotopic (exact) mass is 972 g/mol. The van der Waals surface area contributed by atoms with Crippen LogP contribution in [-0.2, 0) is 14.3 Å². The van der Waals surface area contributed by atoms with Gasteiger partial charge in [-0.3, -0.25) is 4.79 Å². The van der Waals surface area contributed by atoms with Crippen LogP contribution in [0.25, 0.3) is 0 Å². The molecule has 0 spiro atoms. The van der Waals surface area contributed by atoms with Crippen LogP contribution in [-0.4, -0.2) is 87.5 Å². The van der Waals surface area contributed by atoms with Gasteiger partial charge in [-0.1, -0.05) is 241 Å². The van der Waals surface area contributed by atoms with Crippen molar-refractivity contribution >= 4 is 5.91 Å². The first-order chi connectivity index (χ1) is 33.8. The summed E-state index contributed by atoms with van der Waals surface area (Å²) in [5.41, 5.74) is 0. The summed E-state index contributed by atoms with van der Waals surface area (Å²) in [4.78, 5) is 13.0. The van der Waals surface area contributed by atoms with E-state index in [1.807, 2.05) is 19.1 Å². The lowest BCUT2D eigenvalue weighted by Gasteiger charge is -2.40. The highest BCUT2D eigenvalue weighted by Gasteiger charge is 2.44. The smallest absolute Gasteiger partial charge is 0.220 e. The zero-order valence-corrected chi connectivity index (χ0v) is 44.6. The number of carbonyl (C=O) groups is 1. The van der Waals surface area contributed by atoms with Crippen molar-refractivity contribution in [3.8, 4) is 0 Å². The van der Waals surface area contributed by atoms with Crippen molar-refractivity contribution < 1.29 is 39.8 Å². The standard InChI is InChI=1S/C60H109NO8/c1-3-5-7-9-11-13-14-15-16-17-18-19-20-21-22-23-24-25-26-27-28-29-30-31-32-33-34-35-36-37-38-39-40-42-44-46-48-50-56(64)61-53(54(63)49-47-45-43-41-12-10-8-6-4-2)52-68-60-59(67)58(66)57(65)55(51-62)69-60/h4,6,12,14-15,17-18,41,47,49,53-55,57-60,62-63,65-67H,3,5,7-11,13,16,19-40,42-46,48,50-52H2,1-2H3,(H,61,64)/b6-4+,15-14-,18-17-,41-12+,49-47+. The molecule has 0 aromatic rings. The van der Waals surface area contributed by atoms with Crippen LogP contribution in [0.4, 0.5) is 0 Å². The molecule has 1 amide bonds. The molecule has 1 saturated heterocycles. The van der Waals surface area contributed by atoms with Crippen LogP contribution in [0.3, 0.4) is 0 Å². The van der Waals surface area contributed by atoms with Crippen LogP contribution in [0, 0.1) is 0 Å². The van der Waals surface area contributed by atoms with Crippen molar-refractivity contribution in [2.75, 3.05) is 13.2 Å². The molecule has 7 atom stereocenters. The number of hydrogen-bond acceptors (Lipinski definition) is 8. The minimum atomic E-state index is -1.57. The first-order valence-electron chi connectivity index (χ1n) is 29.0. The van der Waals surface area contributed by atoms with Crippen LogP contribution >= 0.6 is 0 Å². The summed E-state index contributed by atoms with van der Waals surface area (Å²) >= 11 is 0. The molecule has 69 heavy (non-hydrogen) atoms. The van der Waals surface area contributed by atoms with Gasteiger partial charge >= 0.3 is 0 Å². The van der Waals surface area contributed by atoms with E-state index in [0.29, 0.717) is 6.42 Å². The molecule has 6 N–H and O–H groups in total. The SMILES string of the molecule is C/C=C/CC/C=C/CC/C=C/C(O)C(COC1OC(CO)C(O)C(O)C1O)NC(=O)CCCCCCCCCCCCCCCCCCCCCCCCCCC/C=C\C/C=C\CCCCCCC. The third-order valence-corrected chi connectivity index (χ3v) is 13.6. The Balaban J connectivity index is 2.01. The molecule has 0 radical (unpaired) electrons. The van der Waals surface area contributed by atoms with E-state index in [0.717, 1.165) is 51.4 Å². The number of aliphatic hydroxyl groups excluding tert-OH is 5. The Labute approximate surface area is 424 Å². The van der Waals surface area contributed by atoms with E-state index in [2.05, 4.69) is 54.8 Å². The minimum Gasteiger partial charge on any atom is -0.394 e. The van der Waals surface area contributed by atoms with Gasteiger partial charge in [0, 0.05) is 6.42 Å². The summed E-state index contributed by atoms with van der Waals surface area (Å²) < 4.78 is 11.2. The van der Waals surface area contributed by atoms with Crippen molar-refractivity contribution in [1.29, 1.82) is 0 Å². The molecule has 1 fully saturated rings. The molecule has 1 heterocycles. The third kappa shape index (κ3) is 39.1. The van der Waals surface area contributed by atoms with Gasteiger partial charge in [-0.25, -0.2) is 0 Å². The van der Waals surface area contributed by atoms with E-state index in [4.69, 9.17) is 9.47 Å². The maximum Gasteiger partial charge on any atom is 0.220 e. The van der Waals surface area contributed by atoms with Gasteiger partial charge in [-0.2, -0.15) is 0 Å². The number of unbranched alkanes of at least 4 members (excludes halogenated alkanes) is 32. The van der Waals surface area contributed by atoms with Gasteiger partial charge in [-0.05, 0) is 71.1 Å². The molecule has 9 heteroatoms. The number of allylic oxidation sites excluding steroid dienone is 9. The quantitative estimate of drug-likeness (QED) is 0.0261. The highest BCUT2D eigenvalue weighted by Crippen LogP contribution is 2.23. The summed E-state index contributed by atoms with van der Waals surface area (Å²) in [7, 11) is 0. The Morgan fingerprint density at radius 3 is 1.38 bits per heavy atom. The van der Waals surface area contributed by atoms with Gasteiger partial charge in [0.15, 0.2) is 6.29 Å². The Morgan fingerprint density at radius 2 is 0.928 bits per heavy atom. The lowest BCUT2D eigenvalue weighted by Crippen LogP contribution is -2.60. The Kier molecular flexibility index (Phi) is 46.5. The molecule has 0 aromatic heterocycles. The Hall–Kier alpha value is -2.11. The summed E-state index contributed by atoms with van der Waals surface area (Å²) in [5.74, 6) is -0.192. The normalized spacial score (nSPS) is 19.9. The van der Waals surface area contributed by atoms with E-state index in [1.54, 1.807) is 6.08 Å². The minimum absolute atomic E-state index is 0.192. The van der Waals surface area contributed by atoms with Gasteiger partial charge < -0.3 is 40.3 Å². The average molecular weight is 973 g/mol. The summed E-state index contributed by atoms with van der Waals surface area (Å²) in [6, 6.07) is -0.826. The number of aliphatic hydroxyl groups is 5. The number of hydrogen-bond donors (Lipinski definition) is 6. The van der Waals surface area contributed by atoms with Crippen molar-refractivity contribution in [3.05, 3.63) is 60.8 Å². The van der Waals surface area contributed by atoms with Crippen molar-refractivity contribution in [1.82, 2.24) is 5.32 Å². The van der Waals surface area contributed by atoms with Crippen LogP contribution in [0.1, 0.15) is 258 Å². The first-order valence-corrected chi connectivity index (χ1v) is 29.0. The highest BCUT2D eigenvalue weighted by atomic mass is 16.7. The third-order valence-electron chi connectivity index (χ3n) is 13.6. The van der Waals surface area contributed by atoms with Crippen molar-refractivity contribution in [2.24, 2.45) is 0 Å². The number of carbonyl (C=O) groups excluding carboxylic acids is 1. The topological polar surface area (TPSA) is 149 Å². The predicted molar refractivity (Wildman–Crippen MR) is 290 cm³/mol. The Bertz CT molecular complexity index is 1270. The average Bonchev–Trinajstić information content (AvgIpc) is 3.35. The largest absolute Gasteiger partial charge is 0.394 e. The fourth-order valence-corrected chi connectivity index (χ4v) is 9.05. The summed E-state index contributed by atoms with van der Waals surface area (Å²) in [6.45, 7) is 3.51. The second-order valence-corrected chi connectivity index (χ2v) is 20.1. The van der Waals surface area contributed by atoms with E-state index >= 15 is 0 Å². The maximum atomic E-state index is 13.0. The van der Waals surface area contributed by atoms with Crippen LogP contribution in [0.2, 0.25) is 0 Å². The molecular weight excluding hydrogens is 863 g/mol. The molecule has 0 aliphatic carbocycles. The number of amides is 1. The molecule has 0 bridgehead atoms. The molecule has 0 saturated carbocycles. The fourth-order valence-electron chi connectivity index (χ4n) is 9.05. The van der Waals surface area contributed by atoms with Crippen LogP contribution in [0.5, 0.6) is 0 Å². The van der Waals surface area contributed by atoms with Crippen LogP contribution < -0.4 is 5.32 Å². The second kappa shape index (κ2) is 49.5. The summed E-state index contributed by atoms with van der Waals surface area (Å²) in [6.07, 6.45) is 60.7. The second-order valence-electron chi connectivity index (χ2n) is 20.1. The molecule has 1 aliphatic heterocycles. The molecule has 7 unspecified atom stereocenters. The van der Waals surface area contributed by atoms with Crippen LogP contribution in [0.15, 0.2) is 60.8 Å². The van der Waals surface area contributed by atoms with Gasteiger partial charge in [0.1, 0.15) is 24.4 Å².